The maximum atomic E-state index is 11.2. The summed E-state index contributed by atoms with van der Waals surface area (Å²) in [4.78, 5) is 11.2. The highest BCUT2D eigenvalue weighted by atomic mass is 16.5. The number of esters is 1. The van der Waals surface area contributed by atoms with Crippen LogP contribution in [0.4, 0.5) is 0 Å². The second-order valence-corrected chi connectivity index (χ2v) is 4.02. The van der Waals surface area contributed by atoms with Crippen molar-refractivity contribution in [3.8, 4) is 5.75 Å². The Morgan fingerprint density at radius 3 is 2.53 bits per heavy atom. The Morgan fingerprint density at radius 2 is 1.95 bits per heavy atom. The van der Waals surface area contributed by atoms with E-state index >= 15 is 0 Å². The molecule has 0 heterocycles. The fourth-order valence-electron chi connectivity index (χ4n) is 1.57. The molecule has 0 aromatic heterocycles. The SMILES string of the molecule is CCOCCOc1ccc(CC(N)C(=O)OC)cc1. The van der Waals surface area contributed by atoms with Gasteiger partial charge in [-0.3, -0.25) is 4.79 Å². The topological polar surface area (TPSA) is 70.8 Å². The zero-order valence-electron chi connectivity index (χ0n) is 11.4. The fraction of sp³-hybridized carbons (Fsp3) is 0.500. The van der Waals surface area contributed by atoms with Crippen LogP contribution in [0.15, 0.2) is 24.3 Å². The van der Waals surface area contributed by atoms with Crippen LogP contribution in [0, 0.1) is 0 Å². The first kappa shape index (κ1) is 15.5. The lowest BCUT2D eigenvalue weighted by Crippen LogP contribution is -2.33. The smallest absolute Gasteiger partial charge is 0.322 e. The monoisotopic (exact) mass is 267 g/mol. The van der Waals surface area contributed by atoms with Crippen molar-refractivity contribution in [2.45, 2.75) is 19.4 Å². The van der Waals surface area contributed by atoms with Crippen LogP contribution < -0.4 is 10.5 Å². The lowest BCUT2D eigenvalue weighted by molar-refractivity contribution is -0.142. The quantitative estimate of drug-likeness (QED) is 0.565. The van der Waals surface area contributed by atoms with Gasteiger partial charge in [0.15, 0.2) is 0 Å². The Kier molecular flexibility index (Phi) is 6.92. The molecule has 1 aromatic carbocycles. The van der Waals surface area contributed by atoms with Crippen LogP contribution in [0.1, 0.15) is 12.5 Å². The molecule has 0 spiro atoms. The van der Waals surface area contributed by atoms with Crippen molar-refractivity contribution >= 4 is 5.97 Å². The minimum absolute atomic E-state index is 0.406. The van der Waals surface area contributed by atoms with E-state index in [2.05, 4.69) is 4.74 Å². The highest BCUT2D eigenvalue weighted by Crippen LogP contribution is 2.13. The Hall–Kier alpha value is -1.59. The number of benzene rings is 1. The van der Waals surface area contributed by atoms with E-state index in [1.165, 1.54) is 7.11 Å². The average Bonchev–Trinajstić information content (AvgIpc) is 2.44. The Labute approximate surface area is 113 Å². The molecule has 0 amide bonds. The van der Waals surface area contributed by atoms with Crippen molar-refractivity contribution in [3.05, 3.63) is 29.8 Å². The largest absolute Gasteiger partial charge is 0.491 e. The van der Waals surface area contributed by atoms with Gasteiger partial charge < -0.3 is 19.9 Å². The lowest BCUT2D eigenvalue weighted by atomic mass is 10.1. The maximum absolute atomic E-state index is 11.2. The number of methoxy groups -OCH3 is 1. The number of hydrogen-bond donors (Lipinski definition) is 1. The summed E-state index contributed by atoms with van der Waals surface area (Å²) >= 11 is 0. The first-order valence-electron chi connectivity index (χ1n) is 6.30. The second-order valence-electron chi connectivity index (χ2n) is 4.02. The van der Waals surface area contributed by atoms with Crippen LogP contribution in [0.3, 0.4) is 0 Å². The molecule has 2 N–H and O–H groups in total. The molecule has 5 heteroatoms. The van der Waals surface area contributed by atoms with E-state index in [9.17, 15) is 4.79 Å². The molecule has 0 aliphatic heterocycles. The Balaban J connectivity index is 2.41. The molecular formula is C14H21NO4. The summed E-state index contributed by atoms with van der Waals surface area (Å²) in [5.41, 5.74) is 6.66. The summed E-state index contributed by atoms with van der Waals surface area (Å²) in [6.45, 7) is 3.73. The normalized spacial score (nSPS) is 11.9. The van der Waals surface area contributed by atoms with Crippen LogP contribution in [0.25, 0.3) is 0 Å². The predicted molar refractivity (Wildman–Crippen MR) is 72.1 cm³/mol. The molecule has 0 saturated heterocycles. The third-order valence-corrected chi connectivity index (χ3v) is 2.58. The second kappa shape index (κ2) is 8.50. The van der Waals surface area contributed by atoms with Gasteiger partial charge in [-0.2, -0.15) is 0 Å². The van der Waals surface area contributed by atoms with E-state index in [1.807, 2.05) is 31.2 Å². The van der Waals surface area contributed by atoms with Crippen LogP contribution in [-0.4, -0.2) is 38.9 Å². The first-order chi connectivity index (χ1) is 9.17. The third-order valence-electron chi connectivity index (χ3n) is 2.58. The van der Waals surface area contributed by atoms with Crippen molar-refractivity contribution in [2.75, 3.05) is 26.9 Å². The minimum Gasteiger partial charge on any atom is -0.491 e. The van der Waals surface area contributed by atoms with E-state index < -0.39 is 12.0 Å². The van der Waals surface area contributed by atoms with E-state index in [0.29, 0.717) is 26.2 Å². The molecule has 0 fully saturated rings. The van der Waals surface area contributed by atoms with Crippen LogP contribution in [-0.2, 0) is 20.7 Å². The summed E-state index contributed by atoms with van der Waals surface area (Å²) in [7, 11) is 1.33. The van der Waals surface area contributed by atoms with Gasteiger partial charge in [-0.15, -0.1) is 0 Å². The number of nitrogens with two attached hydrogens (primary N) is 1. The van der Waals surface area contributed by atoms with Gasteiger partial charge in [-0.25, -0.2) is 0 Å². The van der Waals surface area contributed by atoms with Gasteiger partial charge in [0.25, 0.3) is 0 Å². The van der Waals surface area contributed by atoms with E-state index in [-0.39, 0.29) is 0 Å². The molecule has 19 heavy (non-hydrogen) atoms. The number of hydrogen-bond acceptors (Lipinski definition) is 5. The number of carbonyl (C=O) groups is 1. The molecule has 1 unspecified atom stereocenters. The van der Waals surface area contributed by atoms with Crippen molar-refractivity contribution < 1.29 is 19.0 Å². The van der Waals surface area contributed by atoms with E-state index in [1.54, 1.807) is 0 Å². The van der Waals surface area contributed by atoms with Gasteiger partial charge in [0.1, 0.15) is 18.4 Å². The molecule has 0 aliphatic carbocycles. The summed E-state index contributed by atoms with van der Waals surface area (Å²) in [6, 6.07) is 6.85. The maximum Gasteiger partial charge on any atom is 0.322 e. The van der Waals surface area contributed by atoms with E-state index in [0.717, 1.165) is 11.3 Å². The van der Waals surface area contributed by atoms with Gasteiger partial charge in [0, 0.05) is 6.61 Å². The summed E-state index contributed by atoms with van der Waals surface area (Å²) in [6.07, 6.45) is 0.450. The molecule has 0 saturated carbocycles. The highest BCUT2D eigenvalue weighted by Gasteiger charge is 2.13. The standard InChI is InChI=1S/C14H21NO4/c1-3-18-8-9-19-12-6-4-11(5-7-12)10-13(15)14(16)17-2/h4-7,13H,3,8-10,15H2,1-2H3. The van der Waals surface area contributed by atoms with Gasteiger partial charge >= 0.3 is 5.97 Å². The van der Waals surface area contributed by atoms with Crippen LogP contribution in [0.2, 0.25) is 0 Å². The minimum atomic E-state index is -0.630. The van der Waals surface area contributed by atoms with Crippen molar-refractivity contribution in [2.24, 2.45) is 5.73 Å². The zero-order valence-corrected chi connectivity index (χ0v) is 11.4. The molecule has 5 nitrogen and oxygen atoms in total. The predicted octanol–water partition coefficient (Wildman–Crippen LogP) is 1.14. The zero-order chi connectivity index (χ0) is 14.1. The average molecular weight is 267 g/mol. The molecule has 0 aliphatic rings. The number of ether oxygens (including phenoxy) is 3. The molecule has 106 valence electrons. The van der Waals surface area contributed by atoms with Crippen molar-refractivity contribution in [3.63, 3.8) is 0 Å². The molecule has 1 atom stereocenters. The molecule has 0 bridgehead atoms. The number of rotatable bonds is 8. The summed E-state index contributed by atoms with van der Waals surface area (Å²) in [5.74, 6) is 0.368. The first-order valence-corrected chi connectivity index (χ1v) is 6.30. The highest BCUT2D eigenvalue weighted by molar-refractivity contribution is 5.75. The molecule has 0 radical (unpaired) electrons. The van der Waals surface area contributed by atoms with Gasteiger partial charge in [-0.1, -0.05) is 12.1 Å². The Morgan fingerprint density at radius 1 is 1.26 bits per heavy atom. The van der Waals surface area contributed by atoms with Crippen molar-refractivity contribution in [1.82, 2.24) is 0 Å². The molecule has 1 rings (SSSR count). The van der Waals surface area contributed by atoms with Crippen LogP contribution >= 0.6 is 0 Å². The molecular weight excluding hydrogens is 246 g/mol. The van der Waals surface area contributed by atoms with Gasteiger partial charge in [0.05, 0.1) is 13.7 Å². The van der Waals surface area contributed by atoms with E-state index in [4.69, 9.17) is 15.2 Å². The fourth-order valence-corrected chi connectivity index (χ4v) is 1.57. The number of carbonyl (C=O) groups excluding carboxylic acids is 1. The van der Waals surface area contributed by atoms with Crippen LogP contribution in [0.5, 0.6) is 5.75 Å². The van der Waals surface area contributed by atoms with Gasteiger partial charge in [0.2, 0.25) is 0 Å². The lowest BCUT2D eigenvalue weighted by Gasteiger charge is -2.10. The molecule has 1 aromatic rings. The Bertz CT molecular complexity index is 378. The van der Waals surface area contributed by atoms with Gasteiger partial charge in [-0.05, 0) is 31.0 Å². The summed E-state index contributed by atoms with van der Waals surface area (Å²) < 4.78 is 15.2. The summed E-state index contributed by atoms with van der Waals surface area (Å²) in [5, 5.41) is 0. The van der Waals surface area contributed by atoms with Crippen molar-refractivity contribution in [1.29, 1.82) is 0 Å². The third kappa shape index (κ3) is 5.72.